The topological polar surface area (TPSA) is 43.4 Å². The molecule has 3 aliphatic rings. The molecule has 3 nitrogen and oxygen atoms in total. The zero-order valence-corrected chi connectivity index (χ0v) is 12.5. The molecule has 0 aromatic heterocycles. The van der Waals surface area contributed by atoms with Gasteiger partial charge in [0.15, 0.2) is 12.4 Å². The Morgan fingerprint density at radius 1 is 1.35 bits per heavy atom. The van der Waals surface area contributed by atoms with Crippen LogP contribution in [0.2, 0.25) is 0 Å². The minimum absolute atomic E-state index is 0.00662. The quantitative estimate of drug-likeness (QED) is 0.448. The zero-order chi connectivity index (χ0) is 14.8. The van der Waals surface area contributed by atoms with Crippen molar-refractivity contribution >= 4 is 11.8 Å². The van der Waals surface area contributed by atoms with Crippen molar-refractivity contribution in [1.82, 2.24) is 0 Å². The summed E-state index contributed by atoms with van der Waals surface area (Å²) in [6, 6.07) is 0. The first-order valence-electron chi connectivity index (χ1n) is 7.47. The Morgan fingerprint density at radius 3 is 2.60 bits per heavy atom. The predicted octanol–water partition coefficient (Wildman–Crippen LogP) is 3.59. The fourth-order valence-electron chi connectivity index (χ4n) is 3.15. The number of allylic oxidation sites excluding steroid dienone is 2. The van der Waals surface area contributed by atoms with Crippen molar-refractivity contribution in [1.29, 1.82) is 0 Å². The molecule has 1 saturated carbocycles. The van der Waals surface area contributed by atoms with Crippen molar-refractivity contribution in [3.05, 3.63) is 23.8 Å². The van der Waals surface area contributed by atoms with Crippen LogP contribution in [0.3, 0.4) is 0 Å². The maximum absolute atomic E-state index is 12.4. The first-order chi connectivity index (χ1) is 9.40. The Hall–Kier alpha value is -1.38. The SMILES string of the molecule is C=C(C)C(=O)OCC(=O)C1(C)C=C2CCC(CC2)CC1. The number of ketones is 1. The van der Waals surface area contributed by atoms with Crippen molar-refractivity contribution in [3.63, 3.8) is 0 Å². The van der Waals surface area contributed by atoms with Gasteiger partial charge in [0.2, 0.25) is 0 Å². The Labute approximate surface area is 121 Å². The summed E-state index contributed by atoms with van der Waals surface area (Å²) >= 11 is 0. The van der Waals surface area contributed by atoms with Gasteiger partial charge in [0.05, 0.1) is 0 Å². The molecule has 1 atom stereocenters. The Bertz CT molecular complexity index is 451. The number of fused-ring (bicyclic) bond motifs is 5. The molecule has 0 spiro atoms. The van der Waals surface area contributed by atoms with Gasteiger partial charge in [-0.1, -0.05) is 18.2 Å². The molecule has 20 heavy (non-hydrogen) atoms. The Balaban J connectivity index is 2.05. The predicted molar refractivity (Wildman–Crippen MR) is 78.2 cm³/mol. The van der Waals surface area contributed by atoms with Crippen LogP contribution in [-0.4, -0.2) is 18.4 Å². The van der Waals surface area contributed by atoms with Crippen molar-refractivity contribution in [2.45, 2.75) is 52.4 Å². The second kappa shape index (κ2) is 5.94. The summed E-state index contributed by atoms with van der Waals surface area (Å²) in [6.07, 6.45) is 8.89. The van der Waals surface area contributed by atoms with Crippen molar-refractivity contribution in [2.24, 2.45) is 11.3 Å². The fourth-order valence-corrected chi connectivity index (χ4v) is 3.15. The lowest BCUT2D eigenvalue weighted by Gasteiger charge is -2.34. The summed E-state index contributed by atoms with van der Waals surface area (Å²) in [6.45, 7) is 6.95. The van der Waals surface area contributed by atoms with E-state index in [4.69, 9.17) is 4.74 Å². The van der Waals surface area contributed by atoms with Gasteiger partial charge in [0.1, 0.15) is 0 Å². The van der Waals surface area contributed by atoms with Gasteiger partial charge in [-0.2, -0.15) is 0 Å². The van der Waals surface area contributed by atoms with Gasteiger partial charge in [0, 0.05) is 11.0 Å². The molecule has 3 aliphatic carbocycles. The number of ether oxygens (including phenoxy) is 1. The Morgan fingerprint density at radius 2 is 2.00 bits per heavy atom. The lowest BCUT2D eigenvalue weighted by Crippen LogP contribution is -2.33. The molecule has 0 aliphatic heterocycles. The number of Topliss-reactive ketones (excluding diaryl/α,β-unsaturated/α-hetero) is 1. The van der Waals surface area contributed by atoms with E-state index in [1.54, 1.807) is 6.92 Å². The van der Waals surface area contributed by atoms with Crippen molar-refractivity contribution < 1.29 is 14.3 Å². The van der Waals surface area contributed by atoms with Crippen LogP contribution in [0.25, 0.3) is 0 Å². The first kappa shape index (κ1) is 15.0. The van der Waals surface area contributed by atoms with E-state index in [2.05, 4.69) is 12.7 Å². The molecule has 0 aromatic rings. The van der Waals surface area contributed by atoms with E-state index in [1.807, 2.05) is 6.92 Å². The van der Waals surface area contributed by atoms with Crippen LogP contribution < -0.4 is 0 Å². The second-order valence-electron chi connectivity index (χ2n) is 6.48. The van der Waals surface area contributed by atoms with Gasteiger partial charge in [-0.3, -0.25) is 4.79 Å². The molecular formula is C17H24O3. The van der Waals surface area contributed by atoms with E-state index in [0.29, 0.717) is 5.57 Å². The fraction of sp³-hybridized carbons (Fsp3) is 0.647. The van der Waals surface area contributed by atoms with Crippen LogP contribution in [0.15, 0.2) is 23.8 Å². The highest BCUT2D eigenvalue weighted by atomic mass is 16.5. The summed E-state index contributed by atoms with van der Waals surface area (Å²) in [5.41, 5.74) is 1.27. The maximum atomic E-state index is 12.4. The molecule has 0 radical (unpaired) electrons. The standard InChI is InChI=1S/C17H24O3/c1-12(2)16(19)20-11-15(18)17(3)9-8-13-4-6-14(10-17)7-5-13/h10,13H,1,4-9,11H2,2-3H3. The van der Waals surface area contributed by atoms with Crippen LogP contribution in [0.1, 0.15) is 52.4 Å². The average Bonchev–Trinajstić information content (AvgIpc) is 2.40. The van der Waals surface area contributed by atoms with Crippen molar-refractivity contribution in [2.75, 3.05) is 6.61 Å². The van der Waals surface area contributed by atoms with Gasteiger partial charge < -0.3 is 4.74 Å². The molecule has 1 unspecified atom stereocenters. The van der Waals surface area contributed by atoms with E-state index >= 15 is 0 Å². The maximum Gasteiger partial charge on any atom is 0.333 e. The summed E-state index contributed by atoms with van der Waals surface area (Å²) in [4.78, 5) is 23.8. The second-order valence-corrected chi connectivity index (χ2v) is 6.48. The summed E-state index contributed by atoms with van der Waals surface area (Å²) in [5.74, 6) is 0.284. The van der Waals surface area contributed by atoms with Crippen LogP contribution >= 0.6 is 0 Å². The smallest absolute Gasteiger partial charge is 0.333 e. The number of hydrogen-bond acceptors (Lipinski definition) is 3. The molecule has 110 valence electrons. The first-order valence-corrected chi connectivity index (χ1v) is 7.47. The number of carbonyl (C=O) groups is 2. The number of rotatable bonds is 4. The molecule has 0 aromatic carbocycles. The number of esters is 1. The van der Waals surface area contributed by atoms with Crippen molar-refractivity contribution in [3.8, 4) is 0 Å². The molecule has 3 heteroatoms. The van der Waals surface area contributed by atoms with Gasteiger partial charge in [-0.05, 0) is 58.3 Å². The molecular weight excluding hydrogens is 252 g/mol. The van der Waals surface area contributed by atoms with Gasteiger partial charge in [-0.15, -0.1) is 0 Å². The molecule has 2 bridgehead atoms. The highest BCUT2D eigenvalue weighted by Crippen LogP contribution is 2.41. The average molecular weight is 276 g/mol. The molecule has 3 rings (SSSR count). The molecule has 0 N–H and O–H groups in total. The number of hydrogen-bond donors (Lipinski definition) is 0. The van der Waals surface area contributed by atoms with E-state index in [-0.39, 0.29) is 12.4 Å². The zero-order valence-electron chi connectivity index (χ0n) is 12.5. The third kappa shape index (κ3) is 3.38. The highest BCUT2D eigenvalue weighted by molar-refractivity contribution is 5.92. The number of carbonyl (C=O) groups excluding carboxylic acids is 2. The minimum Gasteiger partial charge on any atom is -0.454 e. The Kier molecular flexibility index (Phi) is 4.46. The monoisotopic (exact) mass is 276 g/mol. The molecule has 0 saturated heterocycles. The van der Waals surface area contributed by atoms with Gasteiger partial charge in [0.25, 0.3) is 0 Å². The lowest BCUT2D eigenvalue weighted by atomic mass is 9.70. The van der Waals surface area contributed by atoms with E-state index in [1.165, 1.54) is 18.4 Å². The molecule has 0 amide bonds. The summed E-state index contributed by atoms with van der Waals surface area (Å²) in [7, 11) is 0. The highest BCUT2D eigenvalue weighted by Gasteiger charge is 2.35. The third-order valence-electron chi connectivity index (χ3n) is 4.66. The summed E-state index contributed by atoms with van der Waals surface area (Å²) < 4.78 is 5.02. The van der Waals surface area contributed by atoms with Crippen LogP contribution in [0, 0.1) is 11.3 Å². The minimum atomic E-state index is -0.484. The van der Waals surface area contributed by atoms with E-state index in [0.717, 1.165) is 31.6 Å². The third-order valence-corrected chi connectivity index (χ3v) is 4.66. The van der Waals surface area contributed by atoms with E-state index in [9.17, 15) is 9.59 Å². The molecule has 0 heterocycles. The largest absolute Gasteiger partial charge is 0.454 e. The van der Waals surface area contributed by atoms with Gasteiger partial charge >= 0.3 is 5.97 Å². The molecule has 1 fully saturated rings. The normalized spacial score (nSPS) is 29.1. The van der Waals surface area contributed by atoms with Crippen LogP contribution in [-0.2, 0) is 14.3 Å². The van der Waals surface area contributed by atoms with Crippen LogP contribution in [0.5, 0.6) is 0 Å². The van der Waals surface area contributed by atoms with Crippen LogP contribution in [0.4, 0.5) is 0 Å². The van der Waals surface area contributed by atoms with E-state index < -0.39 is 11.4 Å². The van der Waals surface area contributed by atoms with Gasteiger partial charge in [-0.25, -0.2) is 4.79 Å². The lowest BCUT2D eigenvalue weighted by molar-refractivity contribution is -0.146. The summed E-state index contributed by atoms with van der Waals surface area (Å²) in [5, 5.41) is 0.